The van der Waals surface area contributed by atoms with Gasteiger partial charge in [-0.25, -0.2) is 13.1 Å². The van der Waals surface area contributed by atoms with Crippen molar-refractivity contribution in [1.82, 2.24) is 4.72 Å². The number of carbonyl (C=O) groups excluding carboxylic acids is 1. The van der Waals surface area contributed by atoms with E-state index in [1.165, 1.54) is 6.92 Å². The quantitative estimate of drug-likeness (QED) is 0.913. The summed E-state index contributed by atoms with van der Waals surface area (Å²) < 4.78 is 27.5. The zero-order valence-corrected chi connectivity index (χ0v) is 14.8. The van der Waals surface area contributed by atoms with Gasteiger partial charge in [0, 0.05) is 24.4 Å². The number of amides is 1. The van der Waals surface area contributed by atoms with Gasteiger partial charge in [-0.15, -0.1) is 11.8 Å². The van der Waals surface area contributed by atoms with E-state index in [4.69, 9.17) is 0 Å². The maximum atomic E-state index is 12.4. The first-order chi connectivity index (χ1) is 10.3. The molecule has 1 heterocycles. The number of sulfonamides is 1. The number of anilines is 1. The third-order valence-corrected chi connectivity index (χ3v) is 6.40. The van der Waals surface area contributed by atoms with E-state index in [1.54, 1.807) is 34.9 Å². The van der Waals surface area contributed by atoms with Crippen molar-refractivity contribution in [2.24, 2.45) is 0 Å². The van der Waals surface area contributed by atoms with Crippen molar-refractivity contribution < 1.29 is 13.2 Å². The number of carbonyl (C=O) groups is 1. The minimum Gasteiger partial charge on any atom is -0.311 e. The van der Waals surface area contributed by atoms with Crippen LogP contribution in [0.4, 0.5) is 5.69 Å². The van der Waals surface area contributed by atoms with Gasteiger partial charge in [0.2, 0.25) is 15.9 Å². The Morgan fingerprint density at radius 1 is 1.45 bits per heavy atom. The second kappa shape index (κ2) is 7.02. The molecule has 122 valence electrons. The Balaban J connectivity index is 2.43. The van der Waals surface area contributed by atoms with Crippen molar-refractivity contribution in [2.75, 3.05) is 17.2 Å². The Morgan fingerprint density at radius 2 is 2.18 bits per heavy atom. The Morgan fingerprint density at radius 3 is 2.82 bits per heavy atom. The second-order valence-electron chi connectivity index (χ2n) is 5.43. The van der Waals surface area contributed by atoms with Gasteiger partial charge in [-0.05, 0) is 43.7 Å². The summed E-state index contributed by atoms with van der Waals surface area (Å²) >= 11 is 1.66. The summed E-state index contributed by atoms with van der Waals surface area (Å²) in [6.45, 7) is 5.90. The van der Waals surface area contributed by atoms with Gasteiger partial charge in [-0.2, -0.15) is 0 Å². The highest BCUT2D eigenvalue weighted by Gasteiger charge is 2.23. The van der Waals surface area contributed by atoms with Crippen LogP contribution in [0.25, 0.3) is 0 Å². The van der Waals surface area contributed by atoms with Gasteiger partial charge in [0.15, 0.2) is 0 Å². The monoisotopic (exact) mass is 342 g/mol. The fraction of sp³-hybridized carbons (Fsp3) is 0.533. The lowest BCUT2D eigenvalue weighted by Crippen LogP contribution is -2.33. The number of nitrogens with zero attached hydrogens (tertiary/aromatic N) is 1. The fourth-order valence-electron chi connectivity index (χ4n) is 2.27. The van der Waals surface area contributed by atoms with Crippen molar-refractivity contribution >= 4 is 33.4 Å². The molecule has 1 atom stereocenters. The van der Waals surface area contributed by atoms with Crippen LogP contribution in [0, 0.1) is 0 Å². The summed E-state index contributed by atoms with van der Waals surface area (Å²) in [4.78, 5) is 14.7. The average molecular weight is 342 g/mol. The first-order valence-corrected chi connectivity index (χ1v) is 9.89. The van der Waals surface area contributed by atoms with Crippen LogP contribution in [0.3, 0.4) is 0 Å². The molecular weight excluding hydrogens is 320 g/mol. The first kappa shape index (κ1) is 17.3. The maximum absolute atomic E-state index is 12.4. The number of fused-ring (bicyclic) bond motifs is 1. The zero-order valence-electron chi connectivity index (χ0n) is 13.1. The van der Waals surface area contributed by atoms with Crippen molar-refractivity contribution in [3.8, 4) is 0 Å². The highest BCUT2D eigenvalue weighted by Crippen LogP contribution is 2.35. The Hall–Kier alpha value is -1.05. The van der Waals surface area contributed by atoms with Crippen molar-refractivity contribution in [2.45, 2.75) is 49.4 Å². The molecule has 0 fully saturated rings. The van der Waals surface area contributed by atoms with E-state index in [0.717, 1.165) is 23.5 Å². The summed E-state index contributed by atoms with van der Waals surface area (Å²) in [7, 11) is -3.56. The van der Waals surface area contributed by atoms with Crippen LogP contribution >= 0.6 is 11.8 Å². The normalized spacial score (nSPS) is 16.8. The summed E-state index contributed by atoms with van der Waals surface area (Å²) in [5.74, 6) is 0.863. The van der Waals surface area contributed by atoms with Gasteiger partial charge < -0.3 is 4.90 Å². The number of nitrogens with one attached hydrogen (secondary N) is 1. The van der Waals surface area contributed by atoms with Crippen LogP contribution in [0.1, 0.15) is 33.6 Å². The van der Waals surface area contributed by atoms with Crippen LogP contribution < -0.4 is 9.62 Å². The van der Waals surface area contributed by atoms with Gasteiger partial charge in [-0.3, -0.25) is 4.79 Å². The molecule has 1 aromatic rings. The number of hydrogen-bond donors (Lipinski definition) is 1. The number of hydrogen-bond acceptors (Lipinski definition) is 4. The Kier molecular flexibility index (Phi) is 5.52. The molecule has 0 saturated heterocycles. The largest absolute Gasteiger partial charge is 0.311 e. The van der Waals surface area contributed by atoms with Gasteiger partial charge in [0.25, 0.3) is 0 Å². The molecule has 22 heavy (non-hydrogen) atoms. The van der Waals surface area contributed by atoms with Crippen molar-refractivity contribution in [1.29, 1.82) is 0 Å². The highest BCUT2D eigenvalue weighted by atomic mass is 32.2. The summed E-state index contributed by atoms with van der Waals surface area (Å²) in [5.41, 5.74) is 0.696. The molecule has 5 nitrogen and oxygen atoms in total. The molecule has 0 aromatic heterocycles. The molecule has 7 heteroatoms. The number of rotatable bonds is 4. The third-order valence-electron chi connectivity index (χ3n) is 3.66. The predicted molar refractivity (Wildman–Crippen MR) is 89.9 cm³/mol. The van der Waals surface area contributed by atoms with E-state index in [2.05, 4.69) is 4.72 Å². The van der Waals surface area contributed by atoms with E-state index >= 15 is 0 Å². The smallest absolute Gasteiger partial charge is 0.240 e. The van der Waals surface area contributed by atoms with E-state index in [0.29, 0.717) is 12.2 Å². The van der Waals surface area contributed by atoms with Crippen molar-refractivity contribution in [3.63, 3.8) is 0 Å². The van der Waals surface area contributed by atoms with E-state index < -0.39 is 10.0 Å². The molecule has 1 amide bonds. The van der Waals surface area contributed by atoms with Crippen LogP contribution in [0.15, 0.2) is 28.0 Å². The SMILES string of the molecule is CCC(C)NS(=O)(=O)c1ccc2c(c1)N(C(C)=O)CCCS2. The van der Waals surface area contributed by atoms with E-state index in [9.17, 15) is 13.2 Å². The first-order valence-electron chi connectivity index (χ1n) is 7.42. The van der Waals surface area contributed by atoms with Gasteiger partial charge in [0.05, 0.1) is 10.6 Å². The summed E-state index contributed by atoms with van der Waals surface area (Å²) in [6, 6.07) is 4.90. The lowest BCUT2D eigenvalue weighted by molar-refractivity contribution is -0.116. The van der Waals surface area contributed by atoms with Crippen LogP contribution in [-0.4, -0.2) is 32.7 Å². The predicted octanol–water partition coefficient (Wildman–Crippen LogP) is 2.61. The number of thioether (sulfide) groups is 1. The molecule has 0 aliphatic carbocycles. The van der Waals surface area contributed by atoms with Gasteiger partial charge in [-0.1, -0.05) is 6.92 Å². The van der Waals surface area contributed by atoms with Crippen LogP contribution in [0.5, 0.6) is 0 Å². The maximum Gasteiger partial charge on any atom is 0.240 e. The van der Waals surface area contributed by atoms with Crippen LogP contribution in [-0.2, 0) is 14.8 Å². The zero-order chi connectivity index (χ0) is 16.3. The molecule has 0 radical (unpaired) electrons. The standard InChI is InChI=1S/C15H22N2O3S2/c1-4-11(2)16-22(19,20)13-6-7-15-14(10-13)17(12(3)18)8-5-9-21-15/h6-7,10-11,16H,4-5,8-9H2,1-3H3. The van der Waals surface area contributed by atoms with E-state index in [1.807, 2.05) is 13.8 Å². The fourth-order valence-corrected chi connectivity index (χ4v) is 4.59. The second-order valence-corrected chi connectivity index (χ2v) is 8.28. The Bertz CT molecular complexity index is 659. The number of benzene rings is 1. The summed E-state index contributed by atoms with van der Waals surface area (Å²) in [5, 5.41) is 0. The Labute approximate surface area is 136 Å². The molecule has 0 bridgehead atoms. The molecule has 1 aliphatic rings. The van der Waals surface area contributed by atoms with Crippen molar-refractivity contribution in [3.05, 3.63) is 18.2 Å². The molecule has 1 aromatic carbocycles. The molecule has 0 spiro atoms. The lowest BCUT2D eigenvalue weighted by Gasteiger charge is -2.22. The molecule has 0 saturated carbocycles. The topological polar surface area (TPSA) is 66.5 Å². The average Bonchev–Trinajstić information content (AvgIpc) is 2.68. The molecular formula is C15H22N2O3S2. The molecule has 1 N–H and O–H groups in total. The van der Waals surface area contributed by atoms with Crippen LogP contribution in [0.2, 0.25) is 0 Å². The van der Waals surface area contributed by atoms with Gasteiger partial charge in [0.1, 0.15) is 0 Å². The minimum atomic E-state index is -3.56. The molecule has 1 aliphatic heterocycles. The minimum absolute atomic E-state index is 0.0619. The third kappa shape index (κ3) is 3.83. The van der Waals surface area contributed by atoms with E-state index in [-0.39, 0.29) is 16.8 Å². The lowest BCUT2D eigenvalue weighted by atomic mass is 10.2. The molecule has 1 unspecified atom stereocenters. The summed E-state index contributed by atoms with van der Waals surface area (Å²) in [6.07, 6.45) is 1.62. The highest BCUT2D eigenvalue weighted by molar-refractivity contribution is 7.99. The van der Waals surface area contributed by atoms with Gasteiger partial charge >= 0.3 is 0 Å². The molecule has 2 rings (SSSR count).